The van der Waals surface area contributed by atoms with Crippen molar-refractivity contribution in [2.45, 2.75) is 0 Å². The molecular weight excluding hydrogens is 855 g/mol. The molecule has 326 valence electrons. The van der Waals surface area contributed by atoms with Crippen LogP contribution in [0.4, 0.5) is 0 Å². The molecule has 6 heteroatoms. The predicted octanol–water partition coefficient (Wildman–Crippen LogP) is 16.6. The van der Waals surface area contributed by atoms with Crippen LogP contribution < -0.4 is 0 Å². The summed E-state index contributed by atoms with van der Waals surface area (Å²) in [5.41, 5.74) is 14.9. The summed E-state index contributed by atoms with van der Waals surface area (Å²) < 4.78 is 9.02. The molecule has 14 aromatic rings. The van der Waals surface area contributed by atoms with Gasteiger partial charge in [-0.1, -0.05) is 182 Å². The molecule has 6 nitrogen and oxygen atoms in total. The van der Waals surface area contributed by atoms with Crippen LogP contribution in [0.3, 0.4) is 0 Å². The van der Waals surface area contributed by atoms with Crippen LogP contribution in [0.1, 0.15) is 0 Å². The number of furan rings is 1. The van der Waals surface area contributed by atoms with Crippen molar-refractivity contribution >= 4 is 65.4 Å². The third kappa shape index (κ3) is 6.49. The molecule has 0 bridgehead atoms. The lowest BCUT2D eigenvalue weighted by molar-refractivity contribution is 0.669. The largest absolute Gasteiger partial charge is 0.456 e. The van der Waals surface area contributed by atoms with Crippen LogP contribution in [0.5, 0.6) is 0 Å². The highest BCUT2D eigenvalue weighted by molar-refractivity contribution is 6.28. The first-order valence-electron chi connectivity index (χ1n) is 23.5. The molecule has 0 atom stereocenters. The summed E-state index contributed by atoms with van der Waals surface area (Å²) in [4.78, 5) is 20.9. The molecule has 0 spiro atoms. The summed E-state index contributed by atoms with van der Waals surface area (Å²) >= 11 is 0. The van der Waals surface area contributed by atoms with E-state index < -0.39 is 0 Å². The van der Waals surface area contributed by atoms with Gasteiger partial charge in [0.2, 0.25) is 0 Å². The number of nitrogens with zero attached hydrogens (tertiary/aromatic N) is 5. The Kier molecular flexibility index (Phi) is 9.10. The highest BCUT2D eigenvalue weighted by atomic mass is 16.3. The van der Waals surface area contributed by atoms with Crippen molar-refractivity contribution in [1.82, 2.24) is 24.5 Å². The number of hydrogen-bond acceptors (Lipinski definition) is 5. The summed E-state index contributed by atoms with van der Waals surface area (Å²) in [5, 5.41) is 7.86. The minimum absolute atomic E-state index is 0.595. The van der Waals surface area contributed by atoms with Gasteiger partial charge in [-0.05, 0) is 71.3 Å². The van der Waals surface area contributed by atoms with E-state index in [1.54, 1.807) is 0 Å². The van der Waals surface area contributed by atoms with Gasteiger partial charge in [0.1, 0.15) is 11.2 Å². The van der Waals surface area contributed by atoms with Crippen molar-refractivity contribution in [2.75, 3.05) is 0 Å². The van der Waals surface area contributed by atoms with Crippen LogP contribution in [-0.4, -0.2) is 24.5 Å². The molecule has 0 unspecified atom stereocenters. The van der Waals surface area contributed by atoms with Crippen LogP contribution >= 0.6 is 0 Å². The fourth-order valence-electron chi connectivity index (χ4n) is 10.4. The lowest BCUT2D eigenvalue weighted by Gasteiger charge is -2.16. The summed E-state index contributed by atoms with van der Waals surface area (Å²) in [6, 6.07) is 82.7. The van der Waals surface area contributed by atoms with Crippen LogP contribution in [-0.2, 0) is 0 Å². The van der Waals surface area contributed by atoms with Gasteiger partial charge in [0.15, 0.2) is 17.5 Å². The van der Waals surface area contributed by atoms with Crippen molar-refractivity contribution in [3.63, 3.8) is 0 Å². The van der Waals surface area contributed by atoms with E-state index in [4.69, 9.17) is 24.4 Å². The van der Waals surface area contributed by atoms with Gasteiger partial charge in [0, 0.05) is 71.2 Å². The maximum absolute atomic E-state index is 6.70. The normalized spacial score (nSPS) is 11.7. The maximum Gasteiger partial charge on any atom is 0.164 e. The minimum atomic E-state index is 0.595. The van der Waals surface area contributed by atoms with Crippen molar-refractivity contribution in [3.05, 3.63) is 237 Å². The molecule has 0 fully saturated rings. The maximum atomic E-state index is 6.70. The van der Waals surface area contributed by atoms with Gasteiger partial charge >= 0.3 is 0 Å². The first-order valence-corrected chi connectivity index (χ1v) is 23.5. The van der Waals surface area contributed by atoms with E-state index in [2.05, 4.69) is 211 Å². The zero-order valence-electron chi connectivity index (χ0n) is 37.7. The Hall–Kier alpha value is -9.52. The third-order valence-electron chi connectivity index (χ3n) is 13.6. The van der Waals surface area contributed by atoms with Crippen LogP contribution in [0, 0.1) is 0 Å². The van der Waals surface area contributed by atoms with E-state index in [1.807, 2.05) is 30.3 Å². The Morgan fingerprint density at radius 1 is 0.300 bits per heavy atom. The van der Waals surface area contributed by atoms with E-state index >= 15 is 0 Å². The molecule has 0 saturated carbocycles. The molecule has 4 aromatic heterocycles. The molecule has 0 amide bonds. The Labute approximate surface area is 402 Å². The highest BCUT2D eigenvalue weighted by Gasteiger charge is 2.23. The van der Waals surface area contributed by atoms with Crippen molar-refractivity contribution < 1.29 is 4.42 Å². The summed E-state index contributed by atoms with van der Waals surface area (Å²) in [6.07, 6.45) is 0. The number of para-hydroxylation sites is 4. The second-order valence-electron chi connectivity index (χ2n) is 17.7. The third-order valence-corrected chi connectivity index (χ3v) is 13.6. The molecule has 0 radical (unpaired) electrons. The van der Waals surface area contributed by atoms with E-state index in [9.17, 15) is 0 Å². The first-order chi connectivity index (χ1) is 34.7. The average Bonchev–Trinajstić information content (AvgIpc) is 3.98. The van der Waals surface area contributed by atoms with Gasteiger partial charge in [0.25, 0.3) is 0 Å². The number of aromatic nitrogens is 5. The second-order valence-corrected chi connectivity index (χ2v) is 17.7. The fraction of sp³-hybridized carbons (Fsp3) is 0. The number of benzene rings is 10. The second kappa shape index (κ2) is 16.1. The molecule has 10 aromatic carbocycles. The first kappa shape index (κ1) is 39.6. The van der Waals surface area contributed by atoms with E-state index in [0.29, 0.717) is 17.5 Å². The van der Waals surface area contributed by atoms with Gasteiger partial charge < -0.3 is 8.98 Å². The summed E-state index contributed by atoms with van der Waals surface area (Å²) in [5.74, 6) is 1.80. The van der Waals surface area contributed by atoms with Crippen molar-refractivity contribution in [2.24, 2.45) is 0 Å². The van der Waals surface area contributed by atoms with E-state index in [1.165, 1.54) is 10.8 Å². The quantitative estimate of drug-likeness (QED) is 0.149. The zero-order chi connectivity index (χ0) is 46.1. The smallest absolute Gasteiger partial charge is 0.164 e. The number of hydrogen-bond donors (Lipinski definition) is 0. The van der Waals surface area contributed by atoms with Gasteiger partial charge in [0.05, 0.1) is 22.2 Å². The van der Waals surface area contributed by atoms with Crippen LogP contribution in [0.15, 0.2) is 241 Å². The SMILES string of the molecule is c1ccc(-c2nc(-c3cccc(-c4cccc(-c5c6c(cc7c(-c8ccccc8)nc8ccccc8c57)oc5ccccc56)c4)c3)nc(-c3cccc(-n4c5ccccc5c5ccccc54)c3)n2)cc1. The van der Waals surface area contributed by atoms with Crippen molar-refractivity contribution in [1.29, 1.82) is 0 Å². The number of pyridine rings is 1. The Bertz CT molecular complexity index is 4310. The lowest BCUT2D eigenvalue weighted by Crippen LogP contribution is -2.01. The zero-order valence-corrected chi connectivity index (χ0v) is 37.7. The van der Waals surface area contributed by atoms with Gasteiger partial charge in [-0.3, -0.25) is 0 Å². The van der Waals surface area contributed by atoms with E-state index in [-0.39, 0.29) is 0 Å². The lowest BCUT2D eigenvalue weighted by atomic mass is 9.88. The van der Waals surface area contributed by atoms with Gasteiger partial charge in [-0.15, -0.1) is 0 Å². The van der Waals surface area contributed by atoms with Crippen LogP contribution in [0.25, 0.3) is 139 Å². The Morgan fingerprint density at radius 3 is 1.50 bits per heavy atom. The molecule has 70 heavy (non-hydrogen) atoms. The number of rotatable bonds is 7. The minimum Gasteiger partial charge on any atom is -0.456 e. The number of fused-ring (bicyclic) bond motifs is 9. The van der Waals surface area contributed by atoms with Crippen LogP contribution in [0.2, 0.25) is 0 Å². The molecule has 0 aliphatic rings. The summed E-state index contributed by atoms with van der Waals surface area (Å²) in [7, 11) is 0. The topological polar surface area (TPSA) is 69.6 Å². The molecule has 0 N–H and O–H groups in total. The molecule has 0 aliphatic heterocycles. The summed E-state index contributed by atoms with van der Waals surface area (Å²) in [6.45, 7) is 0. The van der Waals surface area contributed by atoms with E-state index in [0.717, 1.165) is 111 Å². The Balaban J connectivity index is 0.936. The highest BCUT2D eigenvalue weighted by Crippen LogP contribution is 2.47. The molecule has 0 saturated heterocycles. The Morgan fingerprint density at radius 2 is 0.800 bits per heavy atom. The van der Waals surface area contributed by atoms with Gasteiger partial charge in [-0.25, -0.2) is 19.9 Å². The molecule has 4 heterocycles. The monoisotopic (exact) mass is 893 g/mol. The van der Waals surface area contributed by atoms with Crippen molar-refractivity contribution in [3.8, 4) is 73.4 Å². The molecular formula is C64H39N5O. The fourth-order valence-corrected chi connectivity index (χ4v) is 10.4. The predicted molar refractivity (Wildman–Crippen MR) is 287 cm³/mol. The molecule has 0 aliphatic carbocycles. The average molecular weight is 894 g/mol. The molecule has 14 rings (SSSR count). The standard InChI is InChI=1S/C64H39N5O/c1-3-18-40(19-4-1)61-52-39-57-60(51-31-10-14-35-56(51)70-57)58(59(52)50-30-7-11-32-53(50)65-61)44-24-15-22-42(36-44)43-23-16-25-45(37-43)63-66-62(41-20-5-2-6-21-41)67-64(68-63)46-26-17-27-47(38-46)69-54-33-12-8-28-48(54)49-29-9-13-34-55(49)69/h1-39H. The van der Waals surface area contributed by atoms with Gasteiger partial charge in [-0.2, -0.15) is 0 Å².